The molecule has 0 bridgehead atoms. The van der Waals surface area contributed by atoms with Gasteiger partial charge in [-0.3, -0.25) is 5.14 Å². The average Bonchev–Trinajstić information content (AvgIpc) is 2.12. The summed E-state index contributed by atoms with van der Waals surface area (Å²) in [6.07, 6.45) is 10.2. The third-order valence-corrected chi connectivity index (χ3v) is 1.50. The van der Waals surface area contributed by atoms with E-state index in [0.717, 1.165) is 0 Å². The molecule has 0 saturated heterocycles. The molecule has 0 aromatic carbocycles. The molecule has 1 aliphatic carbocycles. The van der Waals surface area contributed by atoms with Gasteiger partial charge in [0.15, 0.2) is 0 Å². The molecule has 0 spiro atoms. The van der Waals surface area contributed by atoms with E-state index in [2.05, 4.69) is 30.3 Å². The summed E-state index contributed by atoms with van der Waals surface area (Å²) in [6.45, 7) is 3.14. The van der Waals surface area contributed by atoms with E-state index in [-0.39, 0.29) is 0 Å². The van der Waals surface area contributed by atoms with E-state index in [9.17, 15) is 0 Å². The maximum atomic E-state index is 4.61. The van der Waals surface area contributed by atoms with Crippen molar-refractivity contribution >= 4 is 12.8 Å². The van der Waals surface area contributed by atoms with Crippen molar-refractivity contribution in [1.29, 1.82) is 0 Å². The summed E-state index contributed by atoms with van der Waals surface area (Å²) in [7, 11) is 0. The molecule has 0 radical (unpaired) electrons. The monoisotopic (exact) mass is 176 g/mol. The Balaban J connectivity index is 0. The minimum Gasteiger partial charge on any atom is -0.405 e. The fraction of sp³-hybridized carbons (Fsp3) is 0.750. The molecule has 1 saturated carbocycles. The van der Waals surface area contributed by atoms with E-state index in [4.69, 9.17) is 0 Å². The first kappa shape index (κ1) is 13.4. The Morgan fingerprint density at radius 1 is 0.909 bits per heavy atom. The Bertz CT molecular complexity index is 51.6. The van der Waals surface area contributed by atoms with Gasteiger partial charge in [-0.1, -0.05) is 45.1 Å². The highest BCUT2D eigenvalue weighted by atomic mass is 32.1. The Labute approximate surface area is 75.6 Å². The number of rotatable bonds is 0. The van der Waals surface area contributed by atoms with E-state index in [1.165, 1.54) is 44.7 Å². The van der Waals surface area contributed by atoms with Crippen molar-refractivity contribution in [2.75, 3.05) is 0 Å². The first-order valence-corrected chi connectivity index (χ1v) is 4.52. The molecule has 0 unspecified atom stereocenters. The second kappa shape index (κ2) is 16.4. The van der Waals surface area contributed by atoms with Crippen molar-refractivity contribution in [3.05, 3.63) is 12.8 Å². The molecule has 0 aromatic heterocycles. The number of hydrogen-bond donors (Lipinski definition) is 3. The molecule has 11 heavy (non-hydrogen) atoms. The van der Waals surface area contributed by atoms with Crippen molar-refractivity contribution in [3.8, 4) is 0 Å². The molecular weight excluding hydrogens is 156 g/mol. The van der Waals surface area contributed by atoms with Crippen LogP contribution in [0.25, 0.3) is 0 Å². The lowest BCUT2D eigenvalue weighted by Crippen LogP contribution is -1.85. The minimum atomic E-state index is 1.25. The fourth-order valence-corrected chi connectivity index (χ4v) is 1.06. The topological polar surface area (TPSA) is 52.0 Å². The van der Waals surface area contributed by atoms with Crippen LogP contribution >= 0.6 is 12.8 Å². The predicted molar refractivity (Wildman–Crippen MR) is 55.3 cm³/mol. The van der Waals surface area contributed by atoms with Crippen molar-refractivity contribution in [3.63, 3.8) is 0 Å². The summed E-state index contributed by atoms with van der Waals surface area (Å²) >= 11 is 3.03. The third-order valence-electron chi connectivity index (χ3n) is 1.50. The van der Waals surface area contributed by atoms with Gasteiger partial charge in [0.05, 0.1) is 0 Å². The highest BCUT2D eigenvalue weighted by molar-refractivity contribution is 7.77. The molecule has 0 atom stereocenters. The quantitative estimate of drug-likeness (QED) is 0.496. The number of thiol groups is 1. The number of nitrogens with two attached hydrogens (primary N) is 2. The van der Waals surface area contributed by atoms with Crippen LogP contribution in [0, 0.1) is 0 Å². The molecule has 1 aliphatic rings. The summed E-state index contributed by atoms with van der Waals surface area (Å²) in [5.74, 6) is 0. The first-order valence-electron chi connectivity index (χ1n) is 4.00. The second-order valence-corrected chi connectivity index (χ2v) is 2.36. The molecule has 0 aromatic rings. The lowest BCUT2D eigenvalue weighted by Gasteiger charge is -2.05. The van der Waals surface area contributed by atoms with Crippen LogP contribution in [0.4, 0.5) is 0 Å². The molecule has 0 amide bonds. The summed E-state index contributed by atoms with van der Waals surface area (Å²) in [5, 5.41) is 4.19. The Morgan fingerprint density at radius 3 is 1.09 bits per heavy atom. The van der Waals surface area contributed by atoms with Crippen molar-refractivity contribution < 1.29 is 0 Å². The van der Waals surface area contributed by atoms with Gasteiger partial charge in [0.1, 0.15) is 0 Å². The van der Waals surface area contributed by atoms with Crippen LogP contribution in [0.5, 0.6) is 0 Å². The van der Waals surface area contributed by atoms with Gasteiger partial charge in [-0.15, -0.1) is 12.8 Å². The smallest absolute Gasteiger partial charge is 0.0136 e. The van der Waals surface area contributed by atoms with Crippen molar-refractivity contribution in [1.82, 2.24) is 0 Å². The third kappa shape index (κ3) is 17.7. The van der Waals surface area contributed by atoms with Crippen LogP contribution in [0.15, 0.2) is 12.8 Å². The van der Waals surface area contributed by atoms with Gasteiger partial charge in [0.2, 0.25) is 0 Å². The van der Waals surface area contributed by atoms with Crippen molar-refractivity contribution in [2.24, 2.45) is 10.9 Å². The second-order valence-electron chi connectivity index (χ2n) is 2.36. The molecule has 3 heteroatoms. The highest BCUT2D eigenvalue weighted by Gasteiger charge is 1.95. The lowest BCUT2D eigenvalue weighted by atomic mass is 10.0. The predicted octanol–water partition coefficient (Wildman–Crippen LogP) is 2.22. The van der Waals surface area contributed by atoms with E-state index in [1.807, 2.05) is 0 Å². The summed E-state index contributed by atoms with van der Waals surface area (Å²) < 4.78 is 0. The largest absolute Gasteiger partial charge is 0.405 e. The maximum absolute atomic E-state index is 4.61. The SMILES string of the molecule is C1CCCCC1.C=CN.NS. The van der Waals surface area contributed by atoms with Gasteiger partial charge >= 0.3 is 0 Å². The Morgan fingerprint density at radius 2 is 1.00 bits per heavy atom. The summed E-state index contributed by atoms with van der Waals surface area (Å²) in [6, 6.07) is 0. The fourth-order valence-electron chi connectivity index (χ4n) is 1.06. The average molecular weight is 176 g/mol. The molecule has 1 rings (SSSR count). The molecule has 0 heterocycles. The Kier molecular flexibility index (Phi) is 20.1. The van der Waals surface area contributed by atoms with Crippen LogP contribution in [-0.2, 0) is 0 Å². The lowest BCUT2D eigenvalue weighted by molar-refractivity contribution is 0.504. The van der Waals surface area contributed by atoms with Gasteiger partial charge in [-0.05, 0) is 6.20 Å². The summed E-state index contributed by atoms with van der Waals surface area (Å²) in [5.41, 5.74) is 4.61. The molecular formula is C8H20N2S. The standard InChI is InChI=1S/C6H12.C2H5N.H3NS/c1-2-4-6-5-3-1;1-2-3;1-2/h1-6H2;2H,1,3H2;2H,1H2. The molecule has 2 nitrogen and oxygen atoms in total. The van der Waals surface area contributed by atoms with Crippen LogP contribution in [0.3, 0.4) is 0 Å². The highest BCUT2D eigenvalue weighted by Crippen LogP contribution is 2.15. The zero-order valence-corrected chi connectivity index (χ0v) is 8.02. The zero-order chi connectivity index (χ0) is 8.95. The van der Waals surface area contributed by atoms with Gasteiger partial charge in [-0.2, -0.15) is 0 Å². The van der Waals surface area contributed by atoms with E-state index >= 15 is 0 Å². The minimum absolute atomic E-state index is 1.25. The van der Waals surface area contributed by atoms with Gasteiger partial charge < -0.3 is 5.73 Å². The van der Waals surface area contributed by atoms with E-state index in [0.29, 0.717) is 0 Å². The van der Waals surface area contributed by atoms with Gasteiger partial charge in [0, 0.05) is 0 Å². The molecule has 68 valence electrons. The van der Waals surface area contributed by atoms with Crippen LogP contribution < -0.4 is 10.9 Å². The molecule has 4 N–H and O–H groups in total. The van der Waals surface area contributed by atoms with Gasteiger partial charge in [0.25, 0.3) is 0 Å². The van der Waals surface area contributed by atoms with E-state index in [1.54, 1.807) is 0 Å². The van der Waals surface area contributed by atoms with Crippen LogP contribution in [-0.4, -0.2) is 0 Å². The van der Waals surface area contributed by atoms with E-state index < -0.39 is 0 Å². The summed E-state index contributed by atoms with van der Waals surface area (Å²) in [4.78, 5) is 0. The normalized spacial score (nSPS) is 14.7. The molecule has 0 aliphatic heterocycles. The van der Waals surface area contributed by atoms with Gasteiger partial charge in [-0.25, -0.2) is 0 Å². The molecule has 1 fully saturated rings. The first-order chi connectivity index (χ1) is 5.41. The zero-order valence-electron chi connectivity index (χ0n) is 7.13. The van der Waals surface area contributed by atoms with Crippen LogP contribution in [0.2, 0.25) is 0 Å². The van der Waals surface area contributed by atoms with Crippen LogP contribution in [0.1, 0.15) is 38.5 Å². The Hall–Kier alpha value is -0.150. The number of hydrogen-bond acceptors (Lipinski definition) is 3. The van der Waals surface area contributed by atoms with Crippen molar-refractivity contribution in [2.45, 2.75) is 38.5 Å². The maximum Gasteiger partial charge on any atom is -0.0136 e.